The van der Waals surface area contributed by atoms with Crippen molar-refractivity contribution in [1.82, 2.24) is 4.90 Å². The number of likely N-dealkylation sites (N-methyl/N-ethyl adjacent to an activating group) is 1. The Kier molecular flexibility index (Phi) is 6.53. The van der Waals surface area contributed by atoms with E-state index < -0.39 is 0 Å². The summed E-state index contributed by atoms with van der Waals surface area (Å²) in [6, 6.07) is 14.1. The van der Waals surface area contributed by atoms with Crippen LogP contribution in [0, 0.1) is 0 Å². The number of para-hydroxylation sites is 1. The van der Waals surface area contributed by atoms with Crippen molar-refractivity contribution in [2.45, 2.75) is 18.2 Å². The number of anilines is 1. The van der Waals surface area contributed by atoms with E-state index >= 15 is 0 Å². The maximum atomic E-state index is 13.0. The van der Waals surface area contributed by atoms with Crippen molar-refractivity contribution >= 4 is 40.6 Å². The molecule has 0 bridgehead atoms. The van der Waals surface area contributed by atoms with Gasteiger partial charge in [-0.05, 0) is 37.1 Å². The third kappa shape index (κ3) is 4.70. The van der Waals surface area contributed by atoms with Crippen LogP contribution in [0.5, 0.6) is 0 Å². The van der Waals surface area contributed by atoms with Crippen molar-refractivity contribution < 1.29 is 9.59 Å². The van der Waals surface area contributed by atoms with Crippen molar-refractivity contribution in [2.75, 3.05) is 31.6 Å². The number of alkyl halides is 1. The maximum absolute atomic E-state index is 13.0. The van der Waals surface area contributed by atoms with Crippen LogP contribution in [-0.2, 0) is 4.79 Å². The number of carbonyl (C=O) groups is 2. The minimum absolute atomic E-state index is 0.0533. The number of ketones is 1. The zero-order valence-corrected chi connectivity index (χ0v) is 16.7. The lowest BCUT2D eigenvalue weighted by atomic mass is 10.0. The molecule has 0 aromatic heterocycles. The number of amides is 1. The molecule has 1 aliphatic rings. The smallest absolute Gasteiger partial charge is 0.240 e. The van der Waals surface area contributed by atoms with E-state index in [4.69, 9.17) is 23.2 Å². The number of nitrogens with zero attached hydrogens (tertiary/aromatic N) is 2. The van der Waals surface area contributed by atoms with Gasteiger partial charge in [0, 0.05) is 36.6 Å². The molecule has 1 fully saturated rings. The molecule has 27 heavy (non-hydrogen) atoms. The molecule has 0 N–H and O–H groups in total. The van der Waals surface area contributed by atoms with Gasteiger partial charge in [0.1, 0.15) is 0 Å². The zero-order chi connectivity index (χ0) is 19.4. The van der Waals surface area contributed by atoms with Crippen LogP contribution in [0.4, 0.5) is 5.69 Å². The molecule has 1 amide bonds. The Balaban J connectivity index is 1.79. The summed E-state index contributed by atoms with van der Waals surface area (Å²) >= 11 is 12.3. The molecule has 4 nitrogen and oxygen atoms in total. The molecule has 0 atom stereocenters. The lowest BCUT2D eigenvalue weighted by molar-refractivity contribution is -0.119. The van der Waals surface area contributed by atoms with Gasteiger partial charge in [-0.2, -0.15) is 0 Å². The number of benzene rings is 2. The van der Waals surface area contributed by atoms with Gasteiger partial charge in [0.05, 0.1) is 17.3 Å². The summed E-state index contributed by atoms with van der Waals surface area (Å²) in [7, 11) is 1.70. The summed E-state index contributed by atoms with van der Waals surface area (Å²) in [6.45, 7) is 1.94. The first-order chi connectivity index (χ1) is 13.0. The predicted molar refractivity (Wildman–Crippen MR) is 110 cm³/mol. The molecule has 0 unspecified atom stereocenters. The summed E-state index contributed by atoms with van der Waals surface area (Å²) in [5.74, 6) is -0.249. The fraction of sp³-hybridized carbons (Fsp3) is 0.333. The molecule has 6 heteroatoms. The van der Waals surface area contributed by atoms with E-state index in [1.54, 1.807) is 54.4 Å². The Morgan fingerprint density at radius 1 is 1.04 bits per heavy atom. The Bertz CT molecular complexity index is 832. The van der Waals surface area contributed by atoms with Crippen molar-refractivity contribution in [3.8, 4) is 0 Å². The monoisotopic (exact) mass is 404 g/mol. The Morgan fingerprint density at radius 3 is 2.30 bits per heavy atom. The summed E-state index contributed by atoms with van der Waals surface area (Å²) < 4.78 is 0. The number of likely N-dealkylation sites (tertiary alicyclic amines) is 1. The summed E-state index contributed by atoms with van der Waals surface area (Å²) in [5.41, 5.74) is 1.47. The van der Waals surface area contributed by atoms with Gasteiger partial charge >= 0.3 is 0 Å². The zero-order valence-electron chi connectivity index (χ0n) is 15.2. The van der Waals surface area contributed by atoms with Gasteiger partial charge < -0.3 is 4.90 Å². The molecule has 0 saturated carbocycles. The van der Waals surface area contributed by atoms with E-state index in [0.717, 1.165) is 25.9 Å². The minimum atomic E-state index is -0.196. The molecule has 142 valence electrons. The van der Waals surface area contributed by atoms with Gasteiger partial charge in [-0.25, -0.2) is 0 Å². The molecule has 0 radical (unpaired) electrons. The summed E-state index contributed by atoms with van der Waals surface area (Å²) in [4.78, 5) is 29.4. The van der Waals surface area contributed by atoms with Crippen LogP contribution in [0.1, 0.15) is 28.8 Å². The second kappa shape index (κ2) is 8.87. The van der Waals surface area contributed by atoms with Gasteiger partial charge in [-0.15, -0.1) is 11.6 Å². The molecular formula is C21H22Cl2N2O2. The normalized spacial score (nSPS) is 15.5. The lowest BCUT2D eigenvalue weighted by Crippen LogP contribution is -2.42. The number of hydrogen-bond donors (Lipinski definition) is 0. The van der Waals surface area contributed by atoms with E-state index in [-0.39, 0.29) is 17.1 Å². The van der Waals surface area contributed by atoms with E-state index in [1.165, 1.54) is 0 Å². The molecule has 1 heterocycles. The van der Waals surface area contributed by atoms with E-state index in [9.17, 15) is 9.59 Å². The highest BCUT2D eigenvalue weighted by atomic mass is 35.5. The van der Waals surface area contributed by atoms with Crippen LogP contribution in [-0.4, -0.2) is 48.6 Å². The average molecular weight is 405 g/mol. The third-order valence-electron chi connectivity index (χ3n) is 4.88. The Hall–Kier alpha value is -1.88. The molecule has 0 aliphatic carbocycles. The highest BCUT2D eigenvalue weighted by Crippen LogP contribution is 2.26. The number of piperidine rings is 1. The minimum Gasteiger partial charge on any atom is -0.314 e. The van der Waals surface area contributed by atoms with Crippen LogP contribution < -0.4 is 4.90 Å². The van der Waals surface area contributed by atoms with Crippen molar-refractivity contribution in [1.29, 1.82) is 0 Å². The molecule has 2 aromatic rings. The largest absolute Gasteiger partial charge is 0.314 e. The second-order valence-electron chi connectivity index (χ2n) is 6.73. The quantitative estimate of drug-likeness (QED) is 0.552. The topological polar surface area (TPSA) is 40.6 Å². The van der Waals surface area contributed by atoms with E-state index in [0.29, 0.717) is 28.4 Å². The molecule has 1 saturated heterocycles. The molecule has 2 aromatic carbocycles. The number of hydrogen-bond acceptors (Lipinski definition) is 3. The molecule has 1 aliphatic heterocycles. The molecule has 0 spiro atoms. The summed E-state index contributed by atoms with van der Waals surface area (Å²) in [5, 5.41) is 0.596. The standard InChI is InChI=1S/C21H22Cl2N2O2/c1-24(20(26)14-25-12-10-15(22)11-13-25)19-9-5-3-7-17(19)21(27)16-6-2-4-8-18(16)23/h2-9,15H,10-14H2,1H3. The first-order valence-electron chi connectivity index (χ1n) is 8.98. The summed E-state index contributed by atoms with van der Waals surface area (Å²) in [6.07, 6.45) is 1.78. The highest BCUT2D eigenvalue weighted by molar-refractivity contribution is 6.35. The van der Waals surface area contributed by atoms with E-state index in [1.807, 2.05) is 6.07 Å². The first kappa shape index (κ1) is 19.9. The van der Waals surface area contributed by atoms with Gasteiger partial charge in [0.2, 0.25) is 5.91 Å². The van der Waals surface area contributed by atoms with Crippen LogP contribution in [0.3, 0.4) is 0 Å². The first-order valence-corrected chi connectivity index (χ1v) is 9.80. The van der Waals surface area contributed by atoms with Crippen LogP contribution in [0.25, 0.3) is 0 Å². The predicted octanol–water partition coefficient (Wildman–Crippen LogP) is 4.24. The maximum Gasteiger partial charge on any atom is 0.240 e. The number of rotatable bonds is 5. The van der Waals surface area contributed by atoms with Crippen molar-refractivity contribution in [3.63, 3.8) is 0 Å². The average Bonchev–Trinajstić information content (AvgIpc) is 2.69. The Labute approximate surface area is 169 Å². The van der Waals surface area contributed by atoms with Crippen molar-refractivity contribution in [3.05, 3.63) is 64.7 Å². The third-order valence-corrected chi connectivity index (χ3v) is 5.64. The van der Waals surface area contributed by atoms with Crippen LogP contribution in [0.15, 0.2) is 48.5 Å². The van der Waals surface area contributed by atoms with Gasteiger partial charge in [0.25, 0.3) is 0 Å². The van der Waals surface area contributed by atoms with Crippen molar-refractivity contribution in [2.24, 2.45) is 0 Å². The van der Waals surface area contributed by atoms with E-state index in [2.05, 4.69) is 4.90 Å². The second-order valence-corrected chi connectivity index (χ2v) is 7.75. The number of halogens is 2. The van der Waals surface area contributed by atoms with Crippen LogP contribution >= 0.6 is 23.2 Å². The van der Waals surface area contributed by atoms with Crippen LogP contribution in [0.2, 0.25) is 5.02 Å². The molecule has 3 rings (SSSR count). The fourth-order valence-corrected chi connectivity index (χ4v) is 3.66. The molecular weight excluding hydrogens is 383 g/mol. The van der Waals surface area contributed by atoms with Gasteiger partial charge in [-0.1, -0.05) is 35.9 Å². The Morgan fingerprint density at radius 2 is 1.63 bits per heavy atom. The number of carbonyl (C=O) groups excluding carboxylic acids is 2. The lowest BCUT2D eigenvalue weighted by Gasteiger charge is -2.30. The fourth-order valence-electron chi connectivity index (χ4n) is 3.24. The van der Waals surface area contributed by atoms with Gasteiger partial charge in [-0.3, -0.25) is 14.5 Å². The van der Waals surface area contributed by atoms with Gasteiger partial charge in [0.15, 0.2) is 5.78 Å². The SMILES string of the molecule is CN(C(=O)CN1CCC(Cl)CC1)c1ccccc1C(=O)c1ccccc1Cl. The highest BCUT2D eigenvalue weighted by Gasteiger charge is 2.24.